The Kier molecular flexibility index (Phi) is 4.55. The van der Waals surface area contributed by atoms with E-state index >= 15 is 0 Å². The van der Waals surface area contributed by atoms with Gasteiger partial charge in [0.1, 0.15) is 5.82 Å². The van der Waals surface area contributed by atoms with E-state index in [0.717, 1.165) is 24.3 Å². The van der Waals surface area contributed by atoms with Gasteiger partial charge in [-0.1, -0.05) is 23.7 Å². The first-order valence-corrected chi connectivity index (χ1v) is 8.73. The summed E-state index contributed by atoms with van der Waals surface area (Å²) in [6.07, 6.45) is -0.549. The van der Waals surface area contributed by atoms with Crippen molar-refractivity contribution in [2.75, 3.05) is 0 Å². The van der Waals surface area contributed by atoms with Gasteiger partial charge in [0, 0.05) is 17.8 Å². The Balaban J connectivity index is 1.89. The van der Waals surface area contributed by atoms with E-state index in [2.05, 4.69) is 10.1 Å². The summed E-state index contributed by atoms with van der Waals surface area (Å²) in [7, 11) is 0. The summed E-state index contributed by atoms with van der Waals surface area (Å²) < 4.78 is 56.9. The highest BCUT2D eigenvalue weighted by molar-refractivity contribution is 6.30. The third kappa shape index (κ3) is 3.14. The van der Waals surface area contributed by atoms with E-state index in [1.54, 1.807) is 29.2 Å². The van der Waals surface area contributed by atoms with Crippen molar-refractivity contribution >= 4 is 22.5 Å². The SMILES string of the molecule is OC(c1ccc(F)c(Cl)c1)(c1ccc2c(cnn2-c2ccncc2)c1)C(F)(F)F. The second-order valence-corrected chi connectivity index (χ2v) is 6.78. The predicted octanol–water partition coefficient (Wildman–Crippen LogP) is 5.01. The van der Waals surface area contributed by atoms with E-state index in [4.69, 9.17) is 11.6 Å². The molecule has 1 unspecified atom stereocenters. The van der Waals surface area contributed by atoms with Gasteiger partial charge in [0.2, 0.25) is 5.60 Å². The van der Waals surface area contributed by atoms with E-state index in [9.17, 15) is 22.7 Å². The molecule has 0 amide bonds. The largest absolute Gasteiger partial charge is 0.425 e. The van der Waals surface area contributed by atoms with Gasteiger partial charge in [0.15, 0.2) is 0 Å². The number of pyridine rings is 1. The Morgan fingerprint density at radius 2 is 1.59 bits per heavy atom. The maximum Gasteiger partial charge on any atom is 0.425 e. The van der Waals surface area contributed by atoms with Crippen LogP contribution in [-0.2, 0) is 5.60 Å². The molecule has 0 aliphatic rings. The van der Waals surface area contributed by atoms with E-state index in [0.29, 0.717) is 16.6 Å². The summed E-state index contributed by atoms with van der Waals surface area (Å²) in [4.78, 5) is 3.92. The molecule has 148 valence electrons. The quantitative estimate of drug-likeness (QED) is 0.473. The molecular formula is C20H12ClF4N3O. The number of benzene rings is 2. The van der Waals surface area contributed by atoms with E-state index in [1.165, 1.54) is 18.3 Å². The highest BCUT2D eigenvalue weighted by Gasteiger charge is 2.56. The Hall–Kier alpha value is -2.97. The molecule has 0 aliphatic heterocycles. The molecule has 4 nitrogen and oxygen atoms in total. The van der Waals surface area contributed by atoms with Gasteiger partial charge in [-0.15, -0.1) is 0 Å². The fourth-order valence-corrected chi connectivity index (χ4v) is 3.34. The maximum atomic E-state index is 14.0. The van der Waals surface area contributed by atoms with E-state index in [-0.39, 0.29) is 0 Å². The molecule has 4 aromatic rings. The van der Waals surface area contributed by atoms with Crippen LogP contribution in [0, 0.1) is 5.82 Å². The molecule has 2 heterocycles. The van der Waals surface area contributed by atoms with Crippen molar-refractivity contribution in [1.29, 1.82) is 0 Å². The number of nitrogens with zero attached hydrogens (tertiary/aromatic N) is 3. The standard InChI is InChI=1S/C20H12ClF4N3O/c21-16-10-14(1-3-17(16)22)19(29,20(23,24)25)13-2-4-18-12(9-13)11-27-28(18)15-5-7-26-8-6-15/h1-11,29H. The molecule has 2 aromatic heterocycles. The normalized spacial score (nSPS) is 14.1. The monoisotopic (exact) mass is 421 g/mol. The molecule has 0 saturated carbocycles. The number of aliphatic hydroxyl groups is 1. The van der Waals surface area contributed by atoms with Gasteiger partial charge in [-0.05, 0) is 47.5 Å². The van der Waals surface area contributed by atoms with Crippen LogP contribution in [-0.4, -0.2) is 26.0 Å². The summed E-state index contributed by atoms with van der Waals surface area (Å²) in [6.45, 7) is 0. The van der Waals surface area contributed by atoms with Crippen LogP contribution in [0.25, 0.3) is 16.6 Å². The van der Waals surface area contributed by atoms with Crippen LogP contribution in [0.1, 0.15) is 11.1 Å². The second-order valence-electron chi connectivity index (χ2n) is 6.37. The molecule has 2 aromatic carbocycles. The Morgan fingerprint density at radius 3 is 2.24 bits per heavy atom. The zero-order valence-electron chi connectivity index (χ0n) is 14.5. The van der Waals surface area contributed by atoms with Crippen LogP contribution >= 0.6 is 11.6 Å². The minimum Gasteiger partial charge on any atom is -0.372 e. The highest BCUT2D eigenvalue weighted by Crippen LogP contribution is 2.45. The van der Waals surface area contributed by atoms with Gasteiger partial charge in [0.25, 0.3) is 0 Å². The van der Waals surface area contributed by atoms with Gasteiger partial charge >= 0.3 is 6.18 Å². The Morgan fingerprint density at radius 1 is 0.931 bits per heavy atom. The molecule has 9 heteroatoms. The maximum absolute atomic E-state index is 14.0. The van der Waals surface area contributed by atoms with Gasteiger partial charge < -0.3 is 5.11 Å². The van der Waals surface area contributed by atoms with Crippen LogP contribution in [0.4, 0.5) is 17.6 Å². The molecule has 0 aliphatic carbocycles. The molecule has 0 saturated heterocycles. The van der Waals surface area contributed by atoms with Crippen LogP contribution in [0.2, 0.25) is 5.02 Å². The van der Waals surface area contributed by atoms with Crippen molar-refractivity contribution in [2.24, 2.45) is 0 Å². The van der Waals surface area contributed by atoms with Crippen LogP contribution in [0.15, 0.2) is 67.1 Å². The zero-order valence-corrected chi connectivity index (χ0v) is 15.3. The first-order chi connectivity index (χ1) is 13.7. The molecule has 29 heavy (non-hydrogen) atoms. The van der Waals surface area contributed by atoms with E-state index in [1.807, 2.05) is 0 Å². The van der Waals surface area contributed by atoms with Crippen molar-refractivity contribution in [2.45, 2.75) is 11.8 Å². The van der Waals surface area contributed by atoms with Crippen molar-refractivity contribution in [3.63, 3.8) is 0 Å². The topological polar surface area (TPSA) is 50.9 Å². The lowest BCUT2D eigenvalue weighted by atomic mass is 9.85. The van der Waals surface area contributed by atoms with Gasteiger partial charge in [-0.25, -0.2) is 9.07 Å². The summed E-state index contributed by atoms with van der Waals surface area (Å²) in [6, 6.07) is 9.61. The second kappa shape index (κ2) is 6.82. The number of rotatable bonds is 3. The minimum atomic E-state index is -5.08. The number of fused-ring (bicyclic) bond motifs is 1. The fourth-order valence-electron chi connectivity index (χ4n) is 3.16. The average Bonchev–Trinajstić information content (AvgIpc) is 3.12. The predicted molar refractivity (Wildman–Crippen MR) is 99.3 cm³/mol. The molecule has 0 fully saturated rings. The first kappa shape index (κ1) is 19.4. The Bertz CT molecular complexity index is 1190. The lowest BCUT2D eigenvalue weighted by Crippen LogP contribution is -2.43. The summed E-state index contributed by atoms with van der Waals surface area (Å²) >= 11 is 5.65. The fraction of sp³-hybridized carbons (Fsp3) is 0.100. The molecule has 0 bridgehead atoms. The average molecular weight is 422 g/mol. The molecule has 1 atom stereocenters. The smallest absolute Gasteiger partial charge is 0.372 e. The molecule has 1 N–H and O–H groups in total. The molecular weight excluding hydrogens is 410 g/mol. The number of alkyl halides is 3. The number of aromatic nitrogens is 3. The number of hydrogen-bond acceptors (Lipinski definition) is 3. The van der Waals surface area contributed by atoms with Crippen LogP contribution in [0.3, 0.4) is 0 Å². The van der Waals surface area contributed by atoms with Gasteiger partial charge in [0.05, 0.1) is 22.4 Å². The van der Waals surface area contributed by atoms with Crippen molar-refractivity contribution < 1.29 is 22.7 Å². The van der Waals surface area contributed by atoms with Crippen molar-refractivity contribution in [1.82, 2.24) is 14.8 Å². The van der Waals surface area contributed by atoms with Crippen molar-refractivity contribution in [3.05, 3.63) is 89.1 Å². The third-order valence-corrected chi connectivity index (χ3v) is 4.93. The van der Waals surface area contributed by atoms with E-state index < -0.39 is 33.7 Å². The zero-order chi connectivity index (χ0) is 20.8. The summed E-state index contributed by atoms with van der Waals surface area (Å²) in [5.74, 6) is -0.881. The van der Waals surface area contributed by atoms with Crippen LogP contribution in [0.5, 0.6) is 0 Å². The van der Waals surface area contributed by atoms with Crippen LogP contribution < -0.4 is 0 Å². The molecule has 4 rings (SSSR count). The lowest BCUT2D eigenvalue weighted by molar-refractivity contribution is -0.248. The highest BCUT2D eigenvalue weighted by atomic mass is 35.5. The minimum absolute atomic E-state index is 0.384. The summed E-state index contributed by atoms with van der Waals surface area (Å²) in [5, 5.41) is 14.8. The first-order valence-electron chi connectivity index (χ1n) is 8.35. The van der Waals surface area contributed by atoms with Gasteiger partial charge in [-0.3, -0.25) is 4.98 Å². The van der Waals surface area contributed by atoms with Crippen molar-refractivity contribution in [3.8, 4) is 5.69 Å². The Labute approximate surface area is 167 Å². The summed E-state index contributed by atoms with van der Waals surface area (Å²) in [5.41, 5.74) is -3.18. The number of hydrogen-bond donors (Lipinski definition) is 1. The van der Waals surface area contributed by atoms with Gasteiger partial charge in [-0.2, -0.15) is 18.3 Å². The molecule has 0 spiro atoms. The lowest BCUT2D eigenvalue weighted by Gasteiger charge is -2.31. The third-order valence-electron chi connectivity index (χ3n) is 4.64. The molecule has 0 radical (unpaired) electrons. The number of halogens is 5.